The molecule has 1 fully saturated rings. The zero-order valence-corrected chi connectivity index (χ0v) is 16.1. The van der Waals surface area contributed by atoms with Gasteiger partial charge >= 0.3 is 0 Å². The molecule has 1 aliphatic rings. The minimum absolute atomic E-state index is 0.407. The van der Waals surface area contributed by atoms with E-state index in [4.69, 9.17) is 4.74 Å². The largest absolute Gasteiger partial charge is 0.377 e. The van der Waals surface area contributed by atoms with Crippen molar-refractivity contribution < 1.29 is 4.74 Å². The molecule has 0 heterocycles. The van der Waals surface area contributed by atoms with E-state index in [1.807, 2.05) is 0 Å². The second kappa shape index (κ2) is 10.5. The summed E-state index contributed by atoms with van der Waals surface area (Å²) in [6.45, 7) is 4.07. The summed E-state index contributed by atoms with van der Waals surface area (Å²) in [4.78, 5) is 0. The highest BCUT2D eigenvalue weighted by Crippen LogP contribution is 2.27. The zero-order chi connectivity index (χ0) is 18.0. The van der Waals surface area contributed by atoms with E-state index in [-0.39, 0.29) is 0 Å². The molecule has 1 saturated carbocycles. The van der Waals surface area contributed by atoms with E-state index in [9.17, 15) is 0 Å². The number of nitrogens with one attached hydrogen (secondary N) is 1. The highest BCUT2D eigenvalue weighted by atomic mass is 16.5. The number of rotatable bonds is 9. The van der Waals surface area contributed by atoms with Gasteiger partial charge in [0.1, 0.15) is 0 Å². The Balaban J connectivity index is 1.48. The Morgan fingerprint density at radius 2 is 1.46 bits per heavy atom. The monoisotopic (exact) mass is 351 g/mol. The molecule has 0 aliphatic heterocycles. The molecule has 0 aromatic heterocycles. The summed E-state index contributed by atoms with van der Waals surface area (Å²) in [5.41, 5.74) is 2.79. The van der Waals surface area contributed by atoms with Crippen molar-refractivity contribution in [1.82, 2.24) is 5.32 Å². The summed E-state index contributed by atoms with van der Waals surface area (Å²) in [6.07, 6.45) is 8.14. The lowest BCUT2D eigenvalue weighted by Gasteiger charge is -2.25. The predicted octanol–water partition coefficient (Wildman–Crippen LogP) is 5.54. The molecule has 2 aromatic rings. The smallest absolute Gasteiger partial charge is 0.0620 e. The average Bonchev–Trinajstić information content (AvgIpc) is 2.72. The van der Waals surface area contributed by atoms with Crippen LogP contribution in [0.1, 0.15) is 62.5 Å². The normalized spacial score (nSPS) is 16.7. The maximum absolute atomic E-state index is 6.11. The van der Waals surface area contributed by atoms with Crippen molar-refractivity contribution >= 4 is 0 Å². The lowest BCUT2D eigenvalue weighted by molar-refractivity contribution is 0.0182. The molecule has 1 aliphatic carbocycles. The molecule has 3 rings (SSSR count). The van der Waals surface area contributed by atoms with Gasteiger partial charge in [0.25, 0.3) is 0 Å². The molecule has 0 amide bonds. The SMILES string of the molecule is C[C@@H](COC1CCCCC1)NCCC(c1ccccc1)c1ccccc1. The molecule has 140 valence electrons. The predicted molar refractivity (Wildman–Crippen MR) is 110 cm³/mol. The van der Waals surface area contributed by atoms with Crippen molar-refractivity contribution in [3.63, 3.8) is 0 Å². The van der Waals surface area contributed by atoms with Gasteiger partial charge in [-0.15, -0.1) is 0 Å². The fraction of sp³-hybridized carbons (Fsp3) is 0.500. The lowest BCUT2D eigenvalue weighted by atomic mass is 9.88. The minimum Gasteiger partial charge on any atom is -0.377 e. The standard InChI is InChI=1S/C24H33NO/c1-20(19-26-23-15-9-4-10-16-23)25-18-17-24(21-11-5-2-6-12-21)22-13-7-3-8-14-22/h2-3,5-8,11-14,20,23-25H,4,9-10,15-19H2,1H3/t20-/m0/s1. The van der Waals surface area contributed by atoms with Crippen LogP contribution in [0.3, 0.4) is 0 Å². The number of hydrogen-bond donors (Lipinski definition) is 1. The first-order valence-corrected chi connectivity index (χ1v) is 10.3. The van der Waals surface area contributed by atoms with Crippen molar-refractivity contribution in [2.75, 3.05) is 13.2 Å². The van der Waals surface area contributed by atoms with Crippen LogP contribution >= 0.6 is 0 Å². The summed E-state index contributed by atoms with van der Waals surface area (Å²) >= 11 is 0. The van der Waals surface area contributed by atoms with Crippen LogP contribution in [0.4, 0.5) is 0 Å². The summed E-state index contributed by atoms with van der Waals surface area (Å²) in [6, 6.07) is 22.1. The summed E-state index contributed by atoms with van der Waals surface area (Å²) in [7, 11) is 0. The van der Waals surface area contributed by atoms with E-state index >= 15 is 0 Å². The molecule has 1 atom stereocenters. The molecule has 2 aromatic carbocycles. The molecule has 0 saturated heterocycles. The highest BCUT2D eigenvalue weighted by molar-refractivity contribution is 5.32. The van der Waals surface area contributed by atoms with Gasteiger partial charge in [0.2, 0.25) is 0 Å². The van der Waals surface area contributed by atoms with Crippen LogP contribution < -0.4 is 5.32 Å². The van der Waals surface area contributed by atoms with Crippen LogP contribution in [-0.2, 0) is 4.74 Å². The van der Waals surface area contributed by atoms with E-state index in [2.05, 4.69) is 72.9 Å². The first-order valence-electron chi connectivity index (χ1n) is 10.3. The maximum atomic E-state index is 6.11. The van der Waals surface area contributed by atoms with Crippen molar-refractivity contribution in [3.05, 3.63) is 71.8 Å². The Bertz CT molecular complexity index is 567. The molecule has 0 unspecified atom stereocenters. The number of ether oxygens (including phenoxy) is 1. The van der Waals surface area contributed by atoms with Gasteiger partial charge in [-0.2, -0.15) is 0 Å². The van der Waals surface area contributed by atoms with E-state index < -0.39 is 0 Å². The quantitative estimate of drug-likeness (QED) is 0.641. The molecule has 0 bridgehead atoms. The topological polar surface area (TPSA) is 21.3 Å². The van der Waals surface area contributed by atoms with E-state index in [0.29, 0.717) is 18.1 Å². The first kappa shape index (κ1) is 19.1. The van der Waals surface area contributed by atoms with Crippen LogP contribution in [0.5, 0.6) is 0 Å². The zero-order valence-electron chi connectivity index (χ0n) is 16.1. The second-order valence-corrected chi connectivity index (χ2v) is 7.61. The van der Waals surface area contributed by atoms with Gasteiger partial charge in [-0.25, -0.2) is 0 Å². The Kier molecular flexibility index (Phi) is 7.72. The first-order chi connectivity index (χ1) is 12.8. The summed E-state index contributed by atoms with van der Waals surface area (Å²) in [5.74, 6) is 0.441. The van der Waals surface area contributed by atoms with Crippen molar-refractivity contribution in [3.8, 4) is 0 Å². The van der Waals surface area contributed by atoms with Crippen LogP contribution in [0.25, 0.3) is 0 Å². The van der Waals surface area contributed by atoms with Crippen molar-refractivity contribution in [1.29, 1.82) is 0 Å². The molecule has 0 spiro atoms. The van der Waals surface area contributed by atoms with E-state index in [0.717, 1.165) is 19.6 Å². The third-order valence-electron chi connectivity index (χ3n) is 5.46. The van der Waals surface area contributed by atoms with Gasteiger partial charge < -0.3 is 10.1 Å². The Morgan fingerprint density at radius 1 is 0.885 bits per heavy atom. The van der Waals surface area contributed by atoms with Crippen LogP contribution in [0.2, 0.25) is 0 Å². The Morgan fingerprint density at radius 3 is 2.04 bits per heavy atom. The van der Waals surface area contributed by atoms with Gasteiger partial charge in [0.15, 0.2) is 0 Å². The fourth-order valence-electron chi connectivity index (χ4n) is 3.94. The van der Waals surface area contributed by atoms with Gasteiger partial charge in [0, 0.05) is 12.0 Å². The second-order valence-electron chi connectivity index (χ2n) is 7.61. The highest BCUT2D eigenvalue weighted by Gasteiger charge is 2.16. The molecule has 2 heteroatoms. The summed E-state index contributed by atoms with van der Waals surface area (Å²) < 4.78 is 6.11. The minimum atomic E-state index is 0.407. The van der Waals surface area contributed by atoms with Gasteiger partial charge in [0.05, 0.1) is 12.7 Å². The molecular weight excluding hydrogens is 318 g/mol. The Hall–Kier alpha value is -1.64. The van der Waals surface area contributed by atoms with Crippen molar-refractivity contribution in [2.45, 2.75) is 63.5 Å². The van der Waals surface area contributed by atoms with Crippen LogP contribution in [-0.4, -0.2) is 25.3 Å². The lowest BCUT2D eigenvalue weighted by Crippen LogP contribution is -2.34. The van der Waals surface area contributed by atoms with Crippen LogP contribution in [0, 0.1) is 0 Å². The van der Waals surface area contributed by atoms with E-state index in [1.165, 1.54) is 43.2 Å². The number of benzene rings is 2. The fourth-order valence-corrected chi connectivity index (χ4v) is 3.94. The van der Waals surface area contributed by atoms with Crippen molar-refractivity contribution in [2.24, 2.45) is 0 Å². The molecule has 26 heavy (non-hydrogen) atoms. The molecular formula is C24H33NO. The molecule has 0 radical (unpaired) electrons. The van der Waals surface area contributed by atoms with Gasteiger partial charge in [-0.1, -0.05) is 79.9 Å². The Labute approximate surface area is 159 Å². The average molecular weight is 352 g/mol. The molecule has 1 N–H and O–H groups in total. The van der Waals surface area contributed by atoms with Gasteiger partial charge in [-0.3, -0.25) is 0 Å². The maximum Gasteiger partial charge on any atom is 0.0620 e. The van der Waals surface area contributed by atoms with Crippen LogP contribution in [0.15, 0.2) is 60.7 Å². The molecule has 2 nitrogen and oxygen atoms in total. The van der Waals surface area contributed by atoms with Gasteiger partial charge in [-0.05, 0) is 43.9 Å². The van der Waals surface area contributed by atoms with E-state index in [1.54, 1.807) is 0 Å². The third-order valence-corrected chi connectivity index (χ3v) is 5.46. The number of hydrogen-bond acceptors (Lipinski definition) is 2. The third kappa shape index (κ3) is 5.96. The summed E-state index contributed by atoms with van der Waals surface area (Å²) in [5, 5.41) is 3.67.